The van der Waals surface area contributed by atoms with E-state index in [2.05, 4.69) is 5.32 Å². The Morgan fingerprint density at radius 2 is 1.83 bits per heavy atom. The Hall–Kier alpha value is -3.97. The predicted molar refractivity (Wildman–Crippen MR) is 131 cm³/mol. The summed E-state index contributed by atoms with van der Waals surface area (Å²) < 4.78 is 10.5. The highest BCUT2D eigenvalue weighted by atomic mass is 35.5. The lowest BCUT2D eigenvalue weighted by Crippen LogP contribution is -2.55. The number of methoxy groups -OCH3 is 2. The molecule has 3 fully saturated rings. The molecule has 3 unspecified atom stereocenters. The Balaban J connectivity index is 1.42. The second-order valence-electron chi connectivity index (χ2n) is 9.09. The van der Waals surface area contributed by atoms with Crippen LogP contribution in [0.5, 0.6) is 11.5 Å². The van der Waals surface area contributed by atoms with Crippen molar-refractivity contribution in [1.82, 2.24) is 9.80 Å². The quantitative estimate of drug-likeness (QED) is 0.629. The minimum Gasteiger partial charge on any atom is -0.497 e. The third kappa shape index (κ3) is 3.34. The van der Waals surface area contributed by atoms with Crippen LogP contribution in [0.2, 0.25) is 5.02 Å². The van der Waals surface area contributed by atoms with Crippen molar-refractivity contribution in [2.75, 3.05) is 31.0 Å². The third-order valence-corrected chi connectivity index (χ3v) is 7.83. The Morgan fingerprint density at radius 1 is 1.17 bits per heavy atom. The van der Waals surface area contributed by atoms with Crippen LogP contribution in [0.3, 0.4) is 0 Å². The number of halogens is 1. The van der Waals surface area contributed by atoms with Crippen LogP contribution in [-0.2, 0) is 4.79 Å². The van der Waals surface area contributed by atoms with Crippen LogP contribution >= 0.6 is 11.6 Å². The first-order chi connectivity index (χ1) is 17.2. The van der Waals surface area contributed by atoms with Crippen LogP contribution in [0, 0.1) is 24.2 Å². The van der Waals surface area contributed by atoms with E-state index in [1.165, 1.54) is 20.3 Å². The molecule has 4 atom stereocenters. The van der Waals surface area contributed by atoms with Crippen LogP contribution in [0.4, 0.5) is 21.0 Å². The van der Waals surface area contributed by atoms with Crippen LogP contribution in [-0.4, -0.2) is 66.7 Å². The molecule has 0 aromatic heterocycles. The van der Waals surface area contributed by atoms with Crippen LogP contribution < -0.4 is 19.7 Å². The van der Waals surface area contributed by atoms with E-state index in [1.54, 1.807) is 41.0 Å². The van der Waals surface area contributed by atoms with Gasteiger partial charge in [-0.1, -0.05) is 18.5 Å². The van der Waals surface area contributed by atoms with Gasteiger partial charge in [0, 0.05) is 36.3 Å². The molecule has 1 N–H and O–H groups in total. The first-order valence-corrected chi connectivity index (χ1v) is 11.8. The molecule has 0 radical (unpaired) electrons. The molecule has 0 spiro atoms. The zero-order chi connectivity index (χ0) is 25.9. The number of anilines is 2. The molecule has 36 heavy (non-hydrogen) atoms. The molecule has 3 aliphatic heterocycles. The van der Waals surface area contributed by atoms with E-state index < -0.39 is 24.0 Å². The number of carbonyl (C=O) groups is 3. The number of hydrogen-bond acceptors (Lipinski definition) is 6. The van der Waals surface area contributed by atoms with Crippen molar-refractivity contribution >= 4 is 40.9 Å². The maximum absolute atomic E-state index is 13.6. The second-order valence-corrected chi connectivity index (χ2v) is 9.47. The van der Waals surface area contributed by atoms with Gasteiger partial charge in [-0.2, -0.15) is 5.26 Å². The highest BCUT2D eigenvalue weighted by Gasteiger charge is 2.66. The summed E-state index contributed by atoms with van der Waals surface area (Å²) in [5.74, 6) is 0.552. The van der Waals surface area contributed by atoms with Gasteiger partial charge in [-0.05, 0) is 24.6 Å². The lowest BCUT2D eigenvalue weighted by atomic mass is 9.99. The molecule has 11 heteroatoms. The number of imide groups is 1. The molecule has 5 amide bonds. The summed E-state index contributed by atoms with van der Waals surface area (Å²) in [6.45, 7) is 3.92. The van der Waals surface area contributed by atoms with E-state index in [9.17, 15) is 19.6 Å². The number of nitrogens with zero attached hydrogens (tertiary/aromatic N) is 4. The number of hydrogen-bond donors (Lipinski definition) is 1. The molecule has 5 rings (SSSR count). The standard InChI is InChI=1S/C25H24ClN5O5/c1-12-18(6-5-14(10-27)20(12)26)31-23(32)22-21-13(2)19(30(22)25(31)34)11-29(21)24(33)28-15-7-16(35-3)9-17(8-15)36-4/h5-9,13,19,21-22H,11H2,1-4H3,(H,28,33)/t13-,19?,21?,22?/m0/s1. The SMILES string of the molecule is COc1cc(NC(=O)N2CC3[C@H](C)C2C2C(=O)N(c4ccc(C#N)c(Cl)c4C)C(=O)N23)cc(OC)c1. The van der Waals surface area contributed by atoms with Gasteiger partial charge >= 0.3 is 12.1 Å². The van der Waals surface area contributed by atoms with Gasteiger partial charge in [-0.3, -0.25) is 4.79 Å². The molecule has 2 aromatic rings. The van der Waals surface area contributed by atoms with Gasteiger partial charge in [0.1, 0.15) is 23.6 Å². The van der Waals surface area contributed by atoms with Gasteiger partial charge < -0.3 is 24.6 Å². The van der Waals surface area contributed by atoms with E-state index in [0.29, 0.717) is 35.0 Å². The van der Waals surface area contributed by atoms with Crippen LogP contribution in [0.1, 0.15) is 18.1 Å². The maximum Gasteiger partial charge on any atom is 0.332 e. The normalized spacial score (nSPS) is 24.2. The number of piperazine rings is 1. The Kier molecular flexibility index (Phi) is 5.68. The largest absolute Gasteiger partial charge is 0.497 e. The monoisotopic (exact) mass is 509 g/mol. The summed E-state index contributed by atoms with van der Waals surface area (Å²) in [7, 11) is 3.04. The van der Waals surface area contributed by atoms with E-state index in [-0.39, 0.29) is 28.6 Å². The van der Waals surface area contributed by atoms with Crippen molar-refractivity contribution in [3.8, 4) is 17.6 Å². The van der Waals surface area contributed by atoms with E-state index in [1.807, 2.05) is 13.0 Å². The number of rotatable bonds is 4. The summed E-state index contributed by atoms with van der Waals surface area (Å²) >= 11 is 6.31. The van der Waals surface area contributed by atoms with E-state index in [4.69, 9.17) is 21.1 Å². The number of nitriles is 1. The number of fused-ring (bicyclic) bond motifs is 5. The van der Waals surface area contributed by atoms with Crippen molar-refractivity contribution in [2.24, 2.45) is 5.92 Å². The molecule has 3 saturated heterocycles. The smallest absolute Gasteiger partial charge is 0.332 e. The minimum absolute atomic E-state index is 0.0821. The molecule has 3 aliphatic rings. The first-order valence-electron chi connectivity index (χ1n) is 11.4. The van der Waals surface area contributed by atoms with Crippen molar-refractivity contribution in [1.29, 1.82) is 5.26 Å². The summed E-state index contributed by atoms with van der Waals surface area (Å²) in [6, 6.07) is 7.69. The molecule has 0 saturated carbocycles. The molecular weight excluding hydrogens is 486 g/mol. The molecule has 2 bridgehead atoms. The molecule has 0 aliphatic carbocycles. The number of amides is 5. The van der Waals surface area contributed by atoms with Gasteiger partial charge in [0.15, 0.2) is 0 Å². The molecule has 2 aromatic carbocycles. The van der Waals surface area contributed by atoms with Gasteiger partial charge in [0.2, 0.25) is 0 Å². The average molecular weight is 510 g/mol. The Morgan fingerprint density at radius 3 is 2.44 bits per heavy atom. The van der Waals surface area contributed by atoms with Crippen molar-refractivity contribution in [3.63, 3.8) is 0 Å². The lowest BCUT2D eigenvalue weighted by molar-refractivity contribution is -0.121. The Labute approximate surface area is 212 Å². The van der Waals surface area contributed by atoms with Crippen molar-refractivity contribution < 1.29 is 23.9 Å². The number of ether oxygens (including phenoxy) is 2. The van der Waals surface area contributed by atoms with Crippen molar-refractivity contribution in [3.05, 3.63) is 46.5 Å². The first kappa shape index (κ1) is 23.8. The van der Waals surface area contributed by atoms with Crippen LogP contribution in [0.15, 0.2) is 30.3 Å². The molecular formula is C25H24ClN5O5. The molecule has 10 nitrogen and oxygen atoms in total. The predicted octanol–water partition coefficient (Wildman–Crippen LogP) is 3.61. The van der Waals surface area contributed by atoms with Crippen molar-refractivity contribution in [2.45, 2.75) is 32.0 Å². The molecule has 3 heterocycles. The fraction of sp³-hybridized carbons (Fsp3) is 0.360. The van der Waals surface area contributed by atoms with Gasteiger partial charge in [-0.25, -0.2) is 14.5 Å². The number of urea groups is 2. The highest BCUT2D eigenvalue weighted by Crippen LogP contribution is 2.46. The number of likely N-dealkylation sites (tertiary alicyclic amines) is 1. The minimum atomic E-state index is -0.800. The zero-order valence-corrected chi connectivity index (χ0v) is 20.9. The maximum atomic E-state index is 13.6. The van der Waals surface area contributed by atoms with Gasteiger partial charge in [0.05, 0.1) is 42.6 Å². The second kappa shape index (κ2) is 8.60. The van der Waals surface area contributed by atoms with E-state index in [0.717, 1.165) is 4.90 Å². The fourth-order valence-corrected chi connectivity index (χ4v) is 5.76. The zero-order valence-electron chi connectivity index (χ0n) is 20.1. The molecule has 186 valence electrons. The third-order valence-electron chi connectivity index (χ3n) is 7.34. The summed E-state index contributed by atoms with van der Waals surface area (Å²) in [5, 5.41) is 12.3. The average Bonchev–Trinajstić information content (AvgIpc) is 3.45. The van der Waals surface area contributed by atoms with Gasteiger partial charge in [0.25, 0.3) is 5.91 Å². The number of benzene rings is 2. The number of carbonyl (C=O) groups excluding carboxylic acids is 3. The van der Waals surface area contributed by atoms with Gasteiger partial charge in [-0.15, -0.1) is 0 Å². The fourth-order valence-electron chi connectivity index (χ4n) is 5.56. The summed E-state index contributed by atoms with van der Waals surface area (Å²) in [6.07, 6.45) is 0. The summed E-state index contributed by atoms with van der Waals surface area (Å²) in [5.41, 5.74) is 1.57. The summed E-state index contributed by atoms with van der Waals surface area (Å²) in [4.78, 5) is 44.7. The number of nitrogens with one attached hydrogen (secondary N) is 1. The lowest BCUT2D eigenvalue weighted by Gasteiger charge is -2.34. The van der Waals surface area contributed by atoms with Crippen LogP contribution in [0.25, 0.3) is 0 Å². The Bertz CT molecular complexity index is 1320. The van der Waals surface area contributed by atoms with E-state index >= 15 is 0 Å². The topological polar surface area (TPSA) is 115 Å². The highest BCUT2D eigenvalue weighted by molar-refractivity contribution is 6.33.